The Bertz CT molecular complexity index is 703. The van der Waals surface area contributed by atoms with Gasteiger partial charge in [0.15, 0.2) is 0 Å². The molecule has 1 aliphatic rings. The number of nitrogens with one attached hydrogen (secondary N) is 1. The van der Waals surface area contributed by atoms with E-state index in [1.807, 2.05) is 4.57 Å². The molecular formula is C16H22IN3O. The normalized spacial score (nSPS) is 16.2. The summed E-state index contributed by atoms with van der Waals surface area (Å²) >= 11 is 0. The number of hydrogen-bond donors (Lipinski definition) is 1. The zero-order chi connectivity index (χ0) is 14.5. The summed E-state index contributed by atoms with van der Waals surface area (Å²) in [5, 5.41) is 3.99. The molecule has 1 aromatic carbocycles. The molecule has 0 spiro atoms. The second kappa shape index (κ2) is 5.61. The molecule has 2 heterocycles. The van der Waals surface area contributed by atoms with E-state index < -0.39 is 0 Å². The first-order chi connectivity index (χ1) is 9.43. The number of aromatic nitrogens is 1. The predicted molar refractivity (Wildman–Crippen MR) is 80.9 cm³/mol. The van der Waals surface area contributed by atoms with Crippen LogP contribution < -0.4 is 29.3 Å². The molecule has 0 atom stereocenters. The van der Waals surface area contributed by atoms with Crippen LogP contribution in [0.1, 0.15) is 16.8 Å². The number of halogens is 1. The summed E-state index contributed by atoms with van der Waals surface area (Å²) in [6, 6.07) is 6.32. The topological polar surface area (TPSA) is 34.0 Å². The van der Waals surface area contributed by atoms with E-state index in [9.17, 15) is 4.79 Å². The summed E-state index contributed by atoms with van der Waals surface area (Å²) < 4.78 is 2.84. The van der Waals surface area contributed by atoms with Crippen LogP contribution in [0.25, 0.3) is 10.9 Å². The third-order valence-electron chi connectivity index (χ3n) is 4.29. The molecule has 1 aromatic heterocycles. The molecule has 0 radical (unpaired) electrons. The van der Waals surface area contributed by atoms with E-state index in [1.165, 1.54) is 22.2 Å². The quantitative estimate of drug-likeness (QED) is 0.461. The van der Waals surface area contributed by atoms with E-state index in [1.54, 1.807) is 7.05 Å². The molecule has 0 bridgehead atoms. The van der Waals surface area contributed by atoms with Gasteiger partial charge >= 0.3 is 6.03 Å². The van der Waals surface area contributed by atoms with Gasteiger partial charge in [0.25, 0.3) is 0 Å². The molecule has 0 unspecified atom stereocenters. The lowest BCUT2D eigenvalue weighted by Crippen LogP contribution is -3.00. The van der Waals surface area contributed by atoms with Gasteiger partial charge in [0.2, 0.25) is 0 Å². The Hall–Kier alpha value is -1.08. The van der Waals surface area contributed by atoms with Gasteiger partial charge in [-0.2, -0.15) is 0 Å². The van der Waals surface area contributed by atoms with E-state index in [0.717, 1.165) is 29.5 Å². The maximum Gasteiger partial charge on any atom is 0.326 e. The van der Waals surface area contributed by atoms with E-state index in [0.29, 0.717) is 0 Å². The molecule has 2 aromatic rings. The lowest BCUT2D eigenvalue weighted by Gasteiger charge is -2.34. The highest BCUT2D eigenvalue weighted by molar-refractivity contribution is 5.95. The second-order valence-electron chi connectivity index (χ2n) is 6.40. The standard InChI is InChI=1S/C16H21N3O.HI/c1-11-5-6-14-12(9-11)13-10-19(3,4)8-7-15(13)18(14)16(20)17-2;/h5-6,9H,7-8,10H2,1-4H3;1H. The number of fused-ring (bicyclic) bond motifs is 3. The van der Waals surface area contributed by atoms with Crippen LogP contribution in [0.3, 0.4) is 0 Å². The second-order valence-corrected chi connectivity index (χ2v) is 6.40. The first-order valence-electron chi connectivity index (χ1n) is 7.10. The minimum absolute atomic E-state index is 0. The van der Waals surface area contributed by atoms with Gasteiger partial charge in [-0.05, 0) is 19.1 Å². The van der Waals surface area contributed by atoms with Crippen LogP contribution in [0.4, 0.5) is 4.79 Å². The monoisotopic (exact) mass is 399 g/mol. The Morgan fingerprint density at radius 3 is 2.71 bits per heavy atom. The maximum atomic E-state index is 12.3. The average molecular weight is 399 g/mol. The Morgan fingerprint density at radius 2 is 2.05 bits per heavy atom. The van der Waals surface area contributed by atoms with E-state index in [-0.39, 0.29) is 30.0 Å². The molecule has 21 heavy (non-hydrogen) atoms. The lowest BCUT2D eigenvalue weighted by atomic mass is 10.0. The summed E-state index contributed by atoms with van der Waals surface area (Å²) in [6.45, 7) is 4.16. The van der Waals surface area contributed by atoms with Gasteiger partial charge in [0.1, 0.15) is 6.54 Å². The van der Waals surface area contributed by atoms with E-state index in [2.05, 4.69) is 44.5 Å². The van der Waals surface area contributed by atoms with Crippen molar-refractivity contribution in [2.24, 2.45) is 0 Å². The summed E-state index contributed by atoms with van der Waals surface area (Å²) in [5.74, 6) is 0. The van der Waals surface area contributed by atoms with Crippen LogP contribution in [-0.2, 0) is 13.0 Å². The van der Waals surface area contributed by atoms with Gasteiger partial charge in [-0.1, -0.05) is 11.6 Å². The minimum atomic E-state index is -0.0349. The van der Waals surface area contributed by atoms with Crippen molar-refractivity contribution in [1.82, 2.24) is 9.88 Å². The van der Waals surface area contributed by atoms with Gasteiger partial charge in [0, 0.05) is 30.1 Å². The number of amides is 1. The third-order valence-corrected chi connectivity index (χ3v) is 4.29. The Labute approximate surface area is 142 Å². The SMILES string of the molecule is CNC(=O)n1c2c(c3cc(C)ccc31)C[N+](C)(C)CC2.[I-]. The van der Waals surface area contributed by atoms with Crippen molar-refractivity contribution in [3.05, 3.63) is 35.0 Å². The van der Waals surface area contributed by atoms with Crippen LogP contribution in [0.5, 0.6) is 0 Å². The van der Waals surface area contributed by atoms with Crippen molar-refractivity contribution >= 4 is 16.9 Å². The minimum Gasteiger partial charge on any atom is -1.00 e. The maximum absolute atomic E-state index is 12.3. The lowest BCUT2D eigenvalue weighted by molar-refractivity contribution is -0.905. The van der Waals surface area contributed by atoms with Gasteiger partial charge < -0.3 is 33.8 Å². The van der Waals surface area contributed by atoms with Gasteiger partial charge in [-0.25, -0.2) is 4.79 Å². The Morgan fingerprint density at radius 1 is 1.33 bits per heavy atom. The molecule has 1 aliphatic heterocycles. The van der Waals surface area contributed by atoms with E-state index >= 15 is 0 Å². The fourth-order valence-corrected chi connectivity index (χ4v) is 3.22. The number of likely N-dealkylation sites (N-methyl/N-ethyl adjacent to an activating group) is 1. The van der Waals surface area contributed by atoms with Crippen molar-refractivity contribution in [3.63, 3.8) is 0 Å². The van der Waals surface area contributed by atoms with Crippen LogP contribution >= 0.6 is 0 Å². The fraction of sp³-hybridized carbons (Fsp3) is 0.438. The zero-order valence-corrected chi connectivity index (χ0v) is 15.2. The smallest absolute Gasteiger partial charge is 0.326 e. The Kier molecular flexibility index (Phi) is 4.35. The summed E-state index contributed by atoms with van der Waals surface area (Å²) in [5.41, 5.74) is 4.79. The molecule has 114 valence electrons. The van der Waals surface area contributed by atoms with Crippen LogP contribution in [-0.4, -0.2) is 42.8 Å². The predicted octanol–water partition coefficient (Wildman–Crippen LogP) is -0.726. The number of aryl methyl sites for hydroxylation is 1. The number of carbonyl (C=O) groups is 1. The third kappa shape index (κ3) is 2.68. The molecule has 0 aliphatic carbocycles. The zero-order valence-electron chi connectivity index (χ0n) is 13.0. The molecule has 0 saturated carbocycles. The molecule has 1 N–H and O–H groups in total. The number of hydrogen-bond acceptors (Lipinski definition) is 1. The highest BCUT2D eigenvalue weighted by atomic mass is 127. The molecular weight excluding hydrogens is 377 g/mol. The van der Waals surface area contributed by atoms with Crippen molar-refractivity contribution in [2.75, 3.05) is 27.7 Å². The van der Waals surface area contributed by atoms with Crippen molar-refractivity contribution in [3.8, 4) is 0 Å². The molecule has 0 saturated heterocycles. The molecule has 0 fully saturated rings. The molecule has 1 amide bonds. The first kappa shape index (κ1) is 16.3. The summed E-state index contributed by atoms with van der Waals surface area (Å²) in [7, 11) is 6.20. The van der Waals surface area contributed by atoms with Gasteiger partial charge in [0.05, 0.1) is 26.2 Å². The van der Waals surface area contributed by atoms with Gasteiger partial charge in [-0.15, -0.1) is 0 Å². The summed E-state index contributed by atoms with van der Waals surface area (Å²) in [4.78, 5) is 12.3. The number of nitrogens with zero attached hydrogens (tertiary/aromatic N) is 2. The fourth-order valence-electron chi connectivity index (χ4n) is 3.22. The molecule has 4 nitrogen and oxygen atoms in total. The number of quaternary nitrogens is 1. The van der Waals surface area contributed by atoms with Crippen LogP contribution in [0.15, 0.2) is 18.2 Å². The average Bonchev–Trinajstić information content (AvgIpc) is 2.70. The van der Waals surface area contributed by atoms with Crippen molar-refractivity contribution in [1.29, 1.82) is 0 Å². The van der Waals surface area contributed by atoms with Crippen LogP contribution in [0, 0.1) is 6.92 Å². The first-order valence-corrected chi connectivity index (χ1v) is 7.10. The number of benzene rings is 1. The van der Waals surface area contributed by atoms with Gasteiger partial charge in [-0.3, -0.25) is 4.57 Å². The number of rotatable bonds is 0. The largest absolute Gasteiger partial charge is 1.00 e. The molecule has 5 heteroatoms. The number of carbonyl (C=O) groups excluding carboxylic acids is 1. The molecule has 3 rings (SSSR count). The van der Waals surface area contributed by atoms with E-state index in [4.69, 9.17) is 0 Å². The highest BCUT2D eigenvalue weighted by Gasteiger charge is 2.31. The van der Waals surface area contributed by atoms with Crippen LogP contribution in [0.2, 0.25) is 0 Å². The summed E-state index contributed by atoms with van der Waals surface area (Å²) in [6.07, 6.45) is 0.948. The van der Waals surface area contributed by atoms with Crippen molar-refractivity contribution < 1.29 is 33.3 Å². The highest BCUT2D eigenvalue weighted by Crippen LogP contribution is 2.32. The Balaban J connectivity index is 0.00000161. The van der Waals surface area contributed by atoms with Crippen molar-refractivity contribution in [2.45, 2.75) is 19.9 Å².